The largest absolute Gasteiger partial charge is 0.450 e. The molecule has 0 unspecified atom stereocenters. The highest BCUT2D eigenvalue weighted by atomic mass is 16.6. The molecule has 0 saturated carbocycles. The van der Waals surface area contributed by atoms with E-state index in [0.717, 1.165) is 29.7 Å². The van der Waals surface area contributed by atoms with Crippen LogP contribution in [0.15, 0.2) is 57.7 Å². The quantitative estimate of drug-likeness (QED) is 0.342. The van der Waals surface area contributed by atoms with Gasteiger partial charge in [0.1, 0.15) is 5.58 Å². The van der Waals surface area contributed by atoms with Crippen LogP contribution >= 0.6 is 0 Å². The number of nitro groups is 1. The van der Waals surface area contributed by atoms with Gasteiger partial charge in [0.2, 0.25) is 0 Å². The second-order valence-corrected chi connectivity index (χ2v) is 7.69. The first kappa shape index (κ1) is 22.3. The lowest BCUT2D eigenvalue weighted by atomic mass is 10.1. The maximum atomic E-state index is 12.1. The predicted octanol–water partition coefficient (Wildman–Crippen LogP) is 3.59. The molecule has 1 aromatic heterocycles. The number of anilines is 2. The molecule has 1 amide bonds. The molecule has 2 heterocycles. The van der Waals surface area contributed by atoms with Crippen molar-refractivity contribution in [2.45, 2.75) is 13.5 Å². The minimum Gasteiger partial charge on any atom is -0.450 e. The highest BCUT2D eigenvalue weighted by Gasteiger charge is 2.20. The monoisotopic (exact) mass is 452 g/mol. The van der Waals surface area contributed by atoms with Crippen LogP contribution in [0.1, 0.15) is 12.5 Å². The summed E-state index contributed by atoms with van der Waals surface area (Å²) in [4.78, 5) is 38.8. The molecule has 1 saturated heterocycles. The first-order valence-corrected chi connectivity index (χ1v) is 10.7. The number of nitro benzene ring substituents is 1. The van der Waals surface area contributed by atoms with E-state index in [1.807, 2.05) is 12.1 Å². The maximum absolute atomic E-state index is 12.1. The zero-order valence-corrected chi connectivity index (χ0v) is 18.2. The van der Waals surface area contributed by atoms with Crippen LogP contribution in [0.2, 0.25) is 0 Å². The van der Waals surface area contributed by atoms with Gasteiger partial charge in [-0.2, -0.15) is 0 Å². The van der Waals surface area contributed by atoms with Gasteiger partial charge in [0.15, 0.2) is 0 Å². The van der Waals surface area contributed by atoms with Crippen molar-refractivity contribution in [2.24, 2.45) is 0 Å². The molecule has 0 spiro atoms. The molecule has 1 aliphatic rings. The van der Waals surface area contributed by atoms with Crippen molar-refractivity contribution in [1.29, 1.82) is 0 Å². The number of piperazine rings is 1. The molecule has 1 fully saturated rings. The summed E-state index contributed by atoms with van der Waals surface area (Å²) < 4.78 is 10.2. The number of carbonyl (C=O) groups is 1. The molecule has 2 aromatic carbocycles. The summed E-state index contributed by atoms with van der Waals surface area (Å²) in [6, 6.07) is 13.3. The number of ether oxygens (including phenoxy) is 1. The summed E-state index contributed by atoms with van der Waals surface area (Å²) in [5.41, 5.74) is 2.16. The molecule has 10 heteroatoms. The second-order valence-electron chi connectivity index (χ2n) is 7.69. The first-order chi connectivity index (χ1) is 15.9. The van der Waals surface area contributed by atoms with Crippen LogP contribution in [0.4, 0.5) is 21.9 Å². The van der Waals surface area contributed by atoms with Gasteiger partial charge in [-0.1, -0.05) is 6.07 Å². The number of rotatable bonds is 6. The topological polar surface area (TPSA) is 118 Å². The third kappa shape index (κ3) is 5.29. The standard InChI is InChI=1S/C23H24N4O6/c1-2-32-23(29)24-17-6-7-20-16(12-22(28)33-21(20)13-17)15-25-8-10-26(11-9-25)18-4-3-5-19(14-18)27(30)31/h3-7,12-14H,2,8-11,15H2,1H3,(H,24,29). The molecule has 4 rings (SSSR count). The van der Waals surface area contributed by atoms with Crippen molar-refractivity contribution >= 4 is 34.1 Å². The van der Waals surface area contributed by atoms with Gasteiger partial charge in [-0.25, -0.2) is 9.59 Å². The zero-order valence-electron chi connectivity index (χ0n) is 18.2. The summed E-state index contributed by atoms with van der Waals surface area (Å²) >= 11 is 0. The Morgan fingerprint density at radius 1 is 1.15 bits per heavy atom. The fourth-order valence-corrected chi connectivity index (χ4v) is 3.93. The fraction of sp³-hybridized carbons (Fsp3) is 0.304. The zero-order chi connectivity index (χ0) is 23.4. The van der Waals surface area contributed by atoms with Crippen molar-refractivity contribution in [1.82, 2.24) is 4.90 Å². The molecule has 1 N–H and O–H groups in total. The van der Waals surface area contributed by atoms with Gasteiger partial charge in [0, 0.05) is 73.8 Å². The first-order valence-electron chi connectivity index (χ1n) is 10.7. The number of amides is 1. The Morgan fingerprint density at radius 2 is 1.94 bits per heavy atom. The van der Waals surface area contributed by atoms with E-state index < -0.39 is 11.7 Å². The van der Waals surface area contributed by atoms with Gasteiger partial charge in [-0.05, 0) is 30.7 Å². The van der Waals surface area contributed by atoms with E-state index in [-0.39, 0.29) is 17.2 Å². The smallest absolute Gasteiger partial charge is 0.411 e. The van der Waals surface area contributed by atoms with Crippen LogP contribution in [0.3, 0.4) is 0 Å². The number of hydrogen-bond donors (Lipinski definition) is 1. The Balaban J connectivity index is 1.46. The molecule has 0 radical (unpaired) electrons. The van der Waals surface area contributed by atoms with E-state index in [1.165, 1.54) is 12.1 Å². The molecule has 1 aliphatic heterocycles. The summed E-state index contributed by atoms with van der Waals surface area (Å²) in [6.45, 7) is 5.46. The summed E-state index contributed by atoms with van der Waals surface area (Å²) in [6.07, 6.45) is -0.572. The third-order valence-corrected chi connectivity index (χ3v) is 5.52. The molecule has 10 nitrogen and oxygen atoms in total. The van der Waals surface area contributed by atoms with Gasteiger partial charge in [-0.3, -0.25) is 20.3 Å². The summed E-state index contributed by atoms with van der Waals surface area (Å²) in [5, 5.41) is 14.4. The van der Waals surface area contributed by atoms with E-state index in [2.05, 4.69) is 15.1 Å². The normalized spacial score (nSPS) is 14.3. The average Bonchev–Trinajstić information content (AvgIpc) is 2.79. The number of non-ortho nitro benzene ring substituents is 1. The Morgan fingerprint density at radius 3 is 2.67 bits per heavy atom. The van der Waals surface area contributed by atoms with Crippen LogP contribution in [-0.4, -0.2) is 48.7 Å². The number of hydrogen-bond acceptors (Lipinski definition) is 8. The minimum atomic E-state index is -0.572. The molecule has 172 valence electrons. The van der Waals surface area contributed by atoms with Gasteiger partial charge in [0.25, 0.3) is 5.69 Å². The molecular weight excluding hydrogens is 428 g/mol. The average molecular weight is 452 g/mol. The van der Waals surface area contributed by atoms with Crippen molar-refractivity contribution < 1.29 is 18.9 Å². The summed E-state index contributed by atoms with van der Waals surface area (Å²) in [7, 11) is 0. The number of carbonyl (C=O) groups excluding carboxylic acids is 1. The van der Waals surface area contributed by atoms with Crippen LogP contribution in [0.25, 0.3) is 11.0 Å². The van der Waals surface area contributed by atoms with Crippen molar-refractivity contribution in [3.05, 3.63) is 74.6 Å². The second kappa shape index (κ2) is 9.70. The van der Waals surface area contributed by atoms with Gasteiger partial charge >= 0.3 is 11.7 Å². The molecule has 0 atom stereocenters. The van der Waals surface area contributed by atoms with E-state index in [9.17, 15) is 19.7 Å². The van der Waals surface area contributed by atoms with Crippen LogP contribution < -0.4 is 15.8 Å². The molecular formula is C23H24N4O6. The van der Waals surface area contributed by atoms with Crippen LogP contribution in [0, 0.1) is 10.1 Å². The maximum Gasteiger partial charge on any atom is 0.411 e. The van der Waals surface area contributed by atoms with Gasteiger partial charge < -0.3 is 14.1 Å². The number of nitrogens with one attached hydrogen (secondary N) is 1. The number of nitrogens with zero attached hydrogens (tertiary/aromatic N) is 3. The number of benzene rings is 2. The lowest BCUT2D eigenvalue weighted by Gasteiger charge is -2.36. The highest BCUT2D eigenvalue weighted by molar-refractivity contribution is 5.90. The fourth-order valence-electron chi connectivity index (χ4n) is 3.93. The van der Waals surface area contributed by atoms with E-state index in [1.54, 1.807) is 31.2 Å². The Hall–Kier alpha value is -3.92. The molecule has 0 bridgehead atoms. The lowest BCUT2D eigenvalue weighted by Crippen LogP contribution is -2.46. The van der Waals surface area contributed by atoms with Crippen molar-refractivity contribution in [3.63, 3.8) is 0 Å². The van der Waals surface area contributed by atoms with E-state index in [4.69, 9.17) is 9.15 Å². The van der Waals surface area contributed by atoms with E-state index in [0.29, 0.717) is 30.9 Å². The Bertz CT molecular complexity index is 1230. The van der Waals surface area contributed by atoms with Crippen molar-refractivity contribution in [3.8, 4) is 0 Å². The number of fused-ring (bicyclic) bond motifs is 1. The lowest BCUT2D eigenvalue weighted by molar-refractivity contribution is -0.384. The Labute approximate surface area is 189 Å². The highest BCUT2D eigenvalue weighted by Crippen LogP contribution is 2.25. The third-order valence-electron chi connectivity index (χ3n) is 5.52. The van der Waals surface area contributed by atoms with E-state index >= 15 is 0 Å². The Kier molecular flexibility index (Phi) is 6.55. The summed E-state index contributed by atoms with van der Waals surface area (Å²) in [5.74, 6) is 0. The van der Waals surface area contributed by atoms with Crippen molar-refractivity contribution in [2.75, 3.05) is 43.0 Å². The SMILES string of the molecule is CCOC(=O)Nc1ccc2c(CN3CCN(c4cccc([N+](=O)[O-])c4)CC3)cc(=O)oc2c1. The van der Waals surface area contributed by atoms with Gasteiger partial charge in [0.05, 0.1) is 11.5 Å². The molecule has 3 aromatic rings. The van der Waals surface area contributed by atoms with Gasteiger partial charge in [-0.15, -0.1) is 0 Å². The minimum absolute atomic E-state index is 0.0780. The van der Waals surface area contributed by atoms with Crippen LogP contribution in [-0.2, 0) is 11.3 Å². The predicted molar refractivity (Wildman–Crippen MR) is 124 cm³/mol. The molecule has 33 heavy (non-hydrogen) atoms. The van der Waals surface area contributed by atoms with Crippen LogP contribution in [0.5, 0.6) is 0 Å². The molecule has 0 aliphatic carbocycles.